The first-order chi connectivity index (χ1) is 9.99. The van der Waals surface area contributed by atoms with E-state index < -0.39 is 4.92 Å². The van der Waals surface area contributed by atoms with Crippen LogP contribution in [0.2, 0.25) is 0 Å². The Morgan fingerprint density at radius 1 is 1.19 bits per heavy atom. The molecule has 108 valence electrons. The van der Waals surface area contributed by atoms with Gasteiger partial charge in [-0.25, -0.2) is 0 Å². The number of hydrogen-bond acceptors (Lipinski definition) is 4. The Labute approximate surface area is 123 Å². The molecule has 0 unspecified atom stereocenters. The highest BCUT2D eigenvalue weighted by molar-refractivity contribution is 5.98. The lowest BCUT2D eigenvalue weighted by Gasteiger charge is -2.19. The Hall–Kier alpha value is -2.69. The number of rotatable bonds is 5. The van der Waals surface area contributed by atoms with Crippen molar-refractivity contribution in [1.29, 1.82) is 0 Å². The number of carbonyl (C=O) groups is 1. The summed E-state index contributed by atoms with van der Waals surface area (Å²) in [6.45, 7) is 1.97. The van der Waals surface area contributed by atoms with Gasteiger partial charge in [-0.3, -0.25) is 14.9 Å². The molecule has 0 radical (unpaired) electrons. The van der Waals surface area contributed by atoms with Crippen molar-refractivity contribution in [3.63, 3.8) is 0 Å². The van der Waals surface area contributed by atoms with Crippen LogP contribution in [0.4, 0.5) is 11.4 Å². The average molecular weight is 284 g/mol. The number of nitrogens with zero attached hydrogens (tertiary/aromatic N) is 2. The van der Waals surface area contributed by atoms with E-state index in [0.29, 0.717) is 12.2 Å². The van der Waals surface area contributed by atoms with Crippen molar-refractivity contribution in [1.82, 2.24) is 0 Å². The first-order valence-electron chi connectivity index (χ1n) is 6.53. The molecule has 0 aliphatic carbocycles. The van der Waals surface area contributed by atoms with Gasteiger partial charge in [-0.2, -0.15) is 0 Å². The molecule has 0 atom stereocenters. The monoisotopic (exact) mass is 284 g/mol. The maximum absolute atomic E-state index is 11.4. The van der Waals surface area contributed by atoms with Crippen LogP contribution in [-0.4, -0.2) is 17.8 Å². The third kappa shape index (κ3) is 3.45. The van der Waals surface area contributed by atoms with Gasteiger partial charge in [0.2, 0.25) is 0 Å². The fourth-order valence-electron chi connectivity index (χ4n) is 2.15. The van der Waals surface area contributed by atoms with E-state index in [1.165, 1.54) is 19.1 Å². The molecule has 0 aromatic heterocycles. The number of nitro groups is 1. The van der Waals surface area contributed by atoms with Gasteiger partial charge in [0.1, 0.15) is 0 Å². The Morgan fingerprint density at radius 3 is 2.43 bits per heavy atom. The maximum atomic E-state index is 11.4. The van der Waals surface area contributed by atoms with E-state index in [1.54, 1.807) is 6.07 Å². The summed E-state index contributed by atoms with van der Waals surface area (Å²) in [5.74, 6) is -0.307. The zero-order valence-electron chi connectivity index (χ0n) is 11.9. The van der Waals surface area contributed by atoms with E-state index in [1.807, 2.05) is 42.3 Å². The largest absolute Gasteiger partial charge is 0.370 e. The molecule has 0 saturated heterocycles. The first kappa shape index (κ1) is 14.7. The van der Waals surface area contributed by atoms with Crippen LogP contribution in [0.1, 0.15) is 22.8 Å². The summed E-state index contributed by atoms with van der Waals surface area (Å²) in [5, 5.41) is 11.1. The summed E-state index contributed by atoms with van der Waals surface area (Å²) in [5.41, 5.74) is 1.80. The number of ketones is 1. The van der Waals surface area contributed by atoms with Gasteiger partial charge < -0.3 is 4.90 Å². The minimum atomic E-state index is -0.517. The molecule has 5 heteroatoms. The number of benzene rings is 2. The third-order valence-corrected chi connectivity index (χ3v) is 3.26. The molecule has 0 aliphatic heterocycles. The summed E-state index contributed by atoms with van der Waals surface area (Å²) in [7, 11) is 1.86. The summed E-state index contributed by atoms with van der Waals surface area (Å²) in [4.78, 5) is 23.9. The lowest BCUT2D eigenvalue weighted by Crippen LogP contribution is -2.16. The normalized spacial score (nSPS) is 10.2. The summed E-state index contributed by atoms with van der Waals surface area (Å²) in [6.07, 6.45) is 0. The molecule has 0 heterocycles. The number of hydrogen-bond donors (Lipinski definition) is 0. The second kappa shape index (κ2) is 6.17. The quantitative estimate of drug-likeness (QED) is 0.479. The SMILES string of the molecule is CC(=O)c1ccc(N(C)Cc2ccccc2)cc1[N+](=O)[O-]. The smallest absolute Gasteiger partial charge is 0.282 e. The van der Waals surface area contributed by atoms with Crippen molar-refractivity contribution in [3.05, 3.63) is 69.8 Å². The molecule has 0 saturated carbocycles. The first-order valence-corrected chi connectivity index (χ1v) is 6.53. The van der Waals surface area contributed by atoms with Crippen molar-refractivity contribution in [2.45, 2.75) is 13.5 Å². The zero-order valence-corrected chi connectivity index (χ0v) is 11.9. The van der Waals surface area contributed by atoms with Crippen LogP contribution in [0.15, 0.2) is 48.5 Å². The topological polar surface area (TPSA) is 63.5 Å². The van der Waals surface area contributed by atoms with Crippen LogP contribution in [0.5, 0.6) is 0 Å². The van der Waals surface area contributed by atoms with Gasteiger partial charge in [-0.05, 0) is 24.6 Å². The van der Waals surface area contributed by atoms with Crippen molar-refractivity contribution in [2.75, 3.05) is 11.9 Å². The predicted molar refractivity (Wildman–Crippen MR) is 81.6 cm³/mol. The lowest BCUT2D eigenvalue weighted by atomic mass is 10.1. The van der Waals surface area contributed by atoms with Gasteiger partial charge in [-0.1, -0.05) is 30.3 Å². The van der Waals surface area contributed by atoms with Crippen LogP contribution in [0.25, 0.3) is 0 Å². The van der Waals surface area contributed by atoms with E-state index in [4.69, 9.17) is 0 Å². The standard InChI is InChI=1S/C16H16N2O3/c1-12(19)15-9-8-14(10-16(15)18(20)21)17(2)11-13-6-4-3-5-7-13/h3-10H,11H2,1-2H3. The molecular weight excluding hydrogens is 268 g/mol. The van der Waals surface area contributed by atoms with Gasteiger partial charge in [0.25, 0.3) is 5.69 Å². The van der Waals surface area contributed by atoms with E-state index >= 15 is 0 Å². The molecule has 0 N–H and O–H groups in total. The summed E-state index contributed by atoms with van der Waals surface area (Å²) >= 11 is 0. The van der Waals surface area contributed by atoms with Crippen LogP contribution in [-0.2, 0) is 6.54 Å². The van der Waals surface area contributed by atoms with Crippen molar-refractivity contribution in [2.24, 2.45) is 0 Å². The fourth-order valence-corrected chi connectivity index (χ4v) is 2.15. The highest BCUT2D eigenvalue weighted by Crippen LogP contribution is 2.26. The molecule has 2 rings (SSSR count). The molecule has 2 aromatic rings. The van der Waals surface area contributed by atoms with Crippen molar-refractivity contribution in [3.8, 4) is 0 Å². The molecule has 5 nitrogen and oxygen atoms in total. The molecule has 0 amide bonds. The van der Waals surface area contributed by atoms with E-state index in [0.717, 1.165) is 5.56 Å². The summed E-state index contributed by atoms with van der Waals surface area (Å²) in [6, 6.07) is 14.5. The number of carbonyl (C=O) groups excluding carboxylic acids is 1. The lowest BCUT2D eigenvalue weighted by molar-refractivity contribution is -0.385. The number of Topliss-reactive ketones (excluding diaryl/α,β-unsaturated/α-hetero) is 1. The van der Waals surface area contributed by atoms with Crippen LogP contribution < -0.4 is 4.90 Å². The van der Waals surface area contributed by atoms with Gasteiger partial charge in [0, 0.05) is 25.3 Å². The number of nitro benzene ring substituents is 1. The van der Waals surface area contributed by atoms with E-state index in [-0.39, 0.29) is 17.0 Å². The minimum absolute atomic E-state index is 0.136. The minimum Gasteiger partial charge on any atom is -0.370 e. The molecule has 0 spiro atoms. The second-order valence-electron chi connectivity index (χ2n) is 4.86. The van der Waals surface area contributed by atoms with Gasteiger partial charge in [-0.15, -0.1) is 0 Å². The van der Waals surface area contributed by atoms with Gasteiger partial charge >= 0.3 is 0 Å². The second-order valence-corrected chi connectivity index (χ2v) is 4.86. The van der Waals surface area contributed by atoms with Crippen molar-refractivity contribution >= 4 is 17.2 Å². The van der Waals surface area contributed by atoms with Crippen molar-refractivity contribution < 1.29 is 9.72 Å². The summed E-state index contributed by atoms with van der Waals surface area (Å²) < 4.78 is 0. The van der Waals surface area contributed by atoms with Crippen LogP contribution in [0.3, 0.4) is 0 Å². The molecule has 2 aromatic carbocycles. The third-order valence-electron chi connectivity index (χ3n) is 3.26. The molecule has 21 heavy (non-hydrogen) atoms. The van der Waals surface area contributed by atoms with Gasteiger partial charge in [0.05, 0.1) is 10.5 Å². The fraction of sp³-hybridized carbons (Fsp3) is 0.188. The highest BCUT2D eigenvalue weighted by atomic mass is 16.6. The van der Waals surface area contributed by atoms with Gasteiger partial charge in [0.15, 0.2) is 5.78 Å². The predicted octanol–water partition coefficient (Wildman–Crippen LogP) is 3.43. The molecule has 0 aliphatic rings. The molecule has 0 bridgehead atoms. The Bertz CT molecular complexity index is 668. The van der Waals surface area contributed by atoms with E-state index in [2.05, 4.69) is 0 Å². The van der Waals surface area contributed by atoms with Crippen LogP contribution >= 0.6 is 0 Å². The molecule has 0 fully saturated rings. The Morgan fingerprint density at radius 2 is 1.86 bits per heavy atom. The molecular formula is C16H16N2O3. The maximum Gasteiger partial charge on any atom is 0.282 e. The van der Waals surface area contributed by atoms with E-state index in [9.17, 15) is 14.9 Å². The highest BCUT2D eigenvalue weighted by Gasteiger charge is 2.18. The Balaban J connectivity index is 2.30. The zero-order chi connectivity index (χ0) is 15.4. The Kier molecular flexibility index (Phi) is 4.33. The average Bonchev–Trinajstić information content (AvgIpc) is 2.47. The number of anilines is 1. The van der Waals surface area contributed by atoms with Crippen LogP contribution in [0, 0.1) is 10.1 Å².